The summed E-state index contributed by atoms with van der Waals surface area (Å²) >= 11 is 4.05. The lowest BCUT2D eigenvalue weighted by molar-refractivity contribution is -0.402. The quantitative estimate of drug-likeness (QED) is 0.176. The van der Waals surface area contributed by atoms with E-state index in [0.29, 0.717) is 4.47 Å². The molecule has 0 radical (unpaired) electrons. The first-order valence-electron chi connectivity index (χ1n) is 8.27. The number of hydrogen-bond donors (Lipinski definition) is 1. The van der Waals surface area contributed by atoms with Gasteiger partial charge in [0.05, 0.1) is 0 Å². The van der Waals surface area contributed by atoms with E-state index in [9.17, 15) is 53.1 Å². The molecule has 0 saturated carbocycles. The van der Waals surface area contributed by atoms with Crippen LogP contribution in [0.2, 0.25) is 0 Å². The van der Waals surface area contributed by atoms with Crippen molar-refractivity contribution in [3.63, 3.8) is 0 Å². The standard InChI is InChI=1S/C17H12BrF11INO/c18-10-5-3-9(4-6-10)12(32)31-7-1-2-11(30)8-13(19,16(24,25)26)14(20,21)15(22,23)17(27,28)29/h3-6,8H,1-2,7H2,(H,31,32). The van der Waals surface area contributed by atoms with Gasteiger partial charge in [0.15, 0.2) is 0 Å². The van der Waals surface area contributed by atoms with E-state index in [4.69, 9.17) is 0 Å². The van der Waals surface area contributed by atoms with Crippen LogP contribution in [0.1, 0.15) is 23.2 Å². The minimum atomic E-state index is -7.31. The maximum absolute atomic E-state index is 14.2. The summed E-state index contributed by atoms with van der Waals surface area (Å²) in [7, 11) is 0. The van der Waals surface area contributed by atoms with Crippen LogP contribution in [-0.4, -0.2) is 42.3 Å². The molecule has 1 aromatic rings. The lowest BCUT2D eigenvalue weighted by atomic mass is 9.90. The summed E-state index contributed by atoms with van der Waals surface area (Å²) in [4.78, 5) is 11.9. The van der Waals surface area contributed by atoms with Gasteiger partial charge in [0, 0.05) is 16.6 Å². The van der Waals surface area contributed by atoms with Crippen LogP contribution in [0.4, 0.5) is 48.3 Å². The third-order valence-corrected chi connectivity index (χ3v) is 5.34. The predicted molar refractivity (Wildman–Crippen MR) is 104 cm³/mol. The fourth-order valence-corrected chi connectivity index (χ4v) is 3.28. The average Bonchev–Trinajstić information content (AvgIpc) is 2.63. The summed E-state index contributed by atoms with van der Waals surface area (Å²) in [6.07, 6.45) is -15.8. The second kappa shape index (κ2) is 10.0. The molecular formula is C17H12BrF11INO. The van der Waals surface area contributed by atoms with Crippen molar-refractivity contribution >= 4 is 44.4 Å². The molecule has 182 valence electrons. The van der Waals surface area contributed by atoms with Crippen molar-refractivity contribution in [3.05, 3.63) is 44.0 Å². The molecule has 0 fully saturated rings. The minimum absolute atomic E-state index is 0.201. The molecule has 1 unspecified atom stereocenters. The summed E-state index contributed by atoms with van der Waals surface area (Å²) < 4.78 is 143. The van der Waals surface area contributed by atoms with Gasteiger partial charge < -0.3 is 5.32 Å². The molecule has 15 heteroatoms. The molecule has 0 bridgehead atoms. The molecule has 0 spiro atoms. The molecular weight excluding hydrogens is 650 g/mol. The molecule has 0 heterocycles. The third kappa shape index (κ3) is 6.05. The van der Waals surface area contributed by atoms with E-state index in [2.05, 4.69) is 21.2 Å². The highest BCUT2D eigenvalue weighted by Gasteiger charge is 2.85. The van der Waals surface area contributed by atoms with E-state index in [0.717, 1.165) is 22.6 Å². The highest BCUT2D eigenvalue weighted by Crippen LogP contribution is 2.58. The first-order chi connectivity index (χ1) is 14.3. The van der Waals surface area contributed by atoms with Gasteiger partial charge in [-0.2, -0.15) is 43.9 Å². The van der Waals surface area contributed by atoms with Crippen LogP contribution >= 0.6 is 38.5 Å². The van der Waals surface area contributed by atoms with E-state index in [1.54, 1.807) is 0 Å². The number of carbonyl (C=O) groups is 1. The molecule has 2 nitrogen and oxygen atoms in total. The number of nitrogens with one attached hydrogen (secondary N) is 1. The normalized spacial score (nSPS) is 16.0. The van der Waals surface area contributed by atoms with Crippen LogP contribution in [0.25, 0.3) is 0 Å². The van der Waals surface area contributed by atoms with E-state index in [1.165, 1.54) is 24.3 Å². The van der Waals surface area contributed by atoms with Gasteiger partial charge in [-0.1, -0.05) is 15.9 Å². The minimum Gasteiger partial charge on any atom is -0.352 e. The van der Waals surface area contributed by atoms with Crippen LogP contribution in [0.5, 0.6) is 0 Å². The molecule has 1 atom stereocenters. The Hall–Kier alpha value is -1.13. The molecule has 1 aromatic carbocycles. The highest BCUT2D eigenvalue weighted by atomic mass is 127. The number of rotatable bonds is 8. The molecule has 1 amide bonds. The smallest absolute Gasteiger partial charge is 0.352 e. The zero-order valence-electron chi connectivity index (χ0n) is 15.3. The van der Waals surface area contributed by atoms with Crippen LogP contribution < -0.4 is 5.32 Å². The van der Waals surface area contributed by atoms with E-state index >= 15 is 0 Å². The molecule has 0 aliphatic heterocycles. The summed E-state index contributed by atoms with van der Waals surface area (Å²) in [5, 5.41) is 2.32. The zero-order chi connectivity index (χ0) is 25.2. The number of benzene rings is 1. The van der Waals surface area contributed by atoms with Crippen molar-refractivity contribution in [2.45, 2.75) is 42.7 Å². The molecule has 1 rings (SSSR count). The van der Waals surface area contributed by atoms with Gasteiger partial charge in [-0.3, -0.25) is 4.79 Å². The van der Waals surface area contributed by atoms with Crippen LogP contribution in [0.3, 0.4) is 0 Å². The molecule has 32 heavy (non-hydrogen) atoms. The van der Waals surface area contributed by atoms with Gasteiger partial charge >= 0.3 is 24.2 Å². The number of halogens is 13. The Kier molecular flexibility index (Phi) is 9.04. The fraction of sp³-hybridized carbons (Fsp3) is 0.471. The van der Waals surface area contributed by atoms with E-state index in [-0.39, 0.29) is 18.5 Å². The lowest BCUT2D eigenvalue weighted by Gasteiger charge is -2.37. The van der Waals surface area contributed by atoms with Gasteiger partial charge in [0.25, 0.3) is 11.6 Å². The summed E-state index contributed by atoms with van der Waals surface area (Å²) in [6, 6.07) is 5.92. The van der Waals surface area contributed by atoms with Crippen molar-refractivity contribution < 1.29 is 53.1 Å². The lowest BCUT2D eigenvalue weighted by Crippen LogP contribution is -2.66. The van der Waals surface area contributed by atoms with Crippen molar-refractivity contribution in [2.75, 3.05) is 6.54 Å². The van der Waals surface area contributed by atoms with Gasteiger partial charge in [-0.05, 0) is 69.4 Å². The number of alkyl halides is 11. The molecule has 0 aromatic heterocycles. The number of carbonyl (C=O) groups excluding carboxylic acids is 1. The van der Waals surface area contributed by atoms with Crippen molar-refractivity contribution in [2.24, 2.45) is 0 Å². The monoisotopic (exact) mass is 661 g/mol. The topological polar surface area (TPSA) is 29.1 Å². The van der Waals surface area contributed by atoms with E-state index in [1.807, 2.05) is 0 Å². The SMILES string of the molecule is O=C(NCCCC(I)=CC(F)(C(F)(F)F)C(F)(F)C(F)(F)C(F)(F)F)c1ccc(Br)cc1. The summed E-state index contributed by atoms with van der Waals surface area (Å²) in [5.41, 5.74) is -6.11. The molecule has 0 aliphatic rings. The van der Waals surface area contributed by atoms with Crippen LogP contribution in [0, 0.1) is 0 Å². The average molecular weight is 662 g/mol. The van der Waals surface area contributed by atoms with Crippen molar-refractivity contribution in [1.29, 1.82) is 0 Å². The van der Waals surface area contributed by atoms with Crippen molar-refractivity contribution in [3.8, 4) is 0 Å². The first kappa shape index (κ1) is 28.9. The second-order valence-corrected chi connectivity index (χ2v) is 8.61. The maximum Gasteiger partial charge on any atom is 0.460 e. The summed E-state index contributed by atoms with van der Waals surface area (Å²) in [5.74, 6) is -15.1. The Morgan fingerprint density at radius 3 is 1.81 bits per heavy atom. The Morgan fingerprint density at radius 2 is 1.38 bits per heavy atom. The maximum atomic E-state index is 14.2. The molecule has 0 saturated heterocycles. The van der Waals surface area contributed by atoms with Gasteiger partial charge in [-0.15, -0.1) is 0 Å². The number of hydrogen-bond acceptors (Lipinski definition) is 1. The van der Waals surface area contributed by atoms with Crippen LogP contribution in [0.15, 0.2) is 38.4 Å². The van der Waals surface area contributed by atoms with E-state index < -0.39 is 51.9 Å². The number of allylic oxidation sites excluding steroid dienone is 2. The molecule has 0 aliphatic carbocycles. The van der Waals surface area contributed by atoms with Crippen molar-refractivity contribution in [1.82, 2.24) is 5.32 Å². The Balaban J connectivity index is 2.97. The largest absolute Gasteiger partial charge is 0.460 e. The zero-order valence-corrected chi connectivity index (χ0v) is 19.1. The second-order valence-electron chi connectivity index (χ2n) is 6.31. The number of amides is 1. The predicted octanol–water partition coefficient (Wildman–Crippen LogP) is 7.38. The van der Waals surface area contributed by atoms with Gasteiger partial charge in [0.2, 0.25) is 0 Å². The Labute approximate surface area is 195 Å². The van der Waals surface area contributed by atoms with Gasteiger partial charge in [-0.25, -0.2) is 4.39 Å². The summed E-state index contributed by atoms with van der Waals surface area (Å²) in [6.45, 7) is -0.240. The fourth-order valence-electron chi connectivity index (χ4n) is 2.21. The Bertz CT molecular complexity index is 836. The highest BCUT2D eigenvalue weighted by molar-refractivity contribution is 14.1. The first-order valence-corrected chi connectivity index (χ1v) is 10.1. The Morgan fingerprint density at radius 1 is 0.875 bits per heavy atom. The van der Waals surface area contributed by atoms with Crippen LogP contribution in [-0.2, 0) is 0 Å². The third-order valence-electron chi connectivity index (χ3n) is 3.96. The molecule has 1 N–H and O–H groups in total. The van der Waals surface area contributed by atoms with Gasteiger partial charge in [0.1, 0.15) is 0 Å².